The van der Waals surface area contributed by atoms with Crippen molar-refractivity contribution < 1.29 is 13.2 Å². The summed E-state index contributed by atoms with van der Waals surface area (Å²) in [6.07, 6.45) is -2.45. The molecule has 0 aliphatic heterocycles. The molecule has 4 nitrogen and oxygen atoms in total. The average molecular weight is 312 g/mol. The van der Waals surface area contributed by atoms with Crippen molar-refractivity contribution >= 4 is 17.3 Å². The number of nitrogens with one attached hydrogen (secondary N) is 1. The van der Waals surface area contributed by atoms with Gasteiger partial charge in [0.15, 0.2) is 0 Å². The van der Waals surface area contributed by atoms with Gasteiger partial charge in [0.25, 0.3) is 5.56 Å². The smallest absolute Gasteiger partial charge is 0.380 e. The van der Waals surface area contributed by atoms with E-state index in [1.165, 1.54) is 0 Å². The monoisotopic (exact) mass is 311 g/mol. The highest BCUT2D eigenvalue weighted by molar-refractivity contribution is 6.32. The number of nitrogens with zero attached hydrogens (tertiary/aromatic N) is 2. The van der Waals surface area contributed by atoms with E-state index in [0.29, 0.717) is 10.6 Å². The van der Waals surface area contributed by atoms with E-state index < -0.39 is 18.3 Å². The van der Waals surface area contributed by atoms with Crippen LogP contribution in [0.1, 0.15) is 27.2 Å². The molecular formula is C12H17ClF3N3O. The highest BCUT2D eigenvalue weighted by Crippen LogP contribution is 2.21. The second-order valence-electron chi connectivity index (χ2n) is 4.77. The fourth-order valence-corrected chi connectivity index (χ4v) is 1.79. The third-order valence-electron chi connectivity index (χ3n) is 3.19. The van der Waals surface area contributed by atoms with E-state index in [9.17, 15) is 18.0 Å². The van der Waals surface area contributed by atoms with Gasteiger partial charge in [-0.25, -0.2) is 4.68 Å². The summed E-state index contributed by atoms with van der Waals surface area (Å²) in [5.41, 5.74) is -0.701. The van der Waals surface area contributed by atoms with Gasteiger partial charge in [-0.2, -0.15) is 18.3 Å². The maximum absolute atomic E-state index is 12.3. The molecular weight excluding hydrogens is 295 g/mol. The van der Waals surface area contributed by atoms with E-state index in [0.717, 1.165) is 12.6 Å². The molecule has 1 rings (SSSR count). The van der Waals surface area contributed by atoms with Gasteiger partial charge in [0, 0.05) is 6.04 Å². The topological polar surface area (TPSA) is 46.9 Å². The summed E-state index contributed by atoms with van der Waals surface area (Å²) < 4.78 is 37.1. The van der Waals surface area contributed by atoms with Crippen LogP contribution in [0.25, 0.3) is 0 Å². The minimum Gasteiger partial charge on any atom is -0.380 e. The Hall–Kier alpha value is -1.24. The van der Waals surface area contributed by atoms with Crippen LogP contribution in [0.2, 0.25) is 5.02 Å². The highest BCUT2D eigenvalue weighted by atomic mass is 35.5. The van der Waals surface area contributed by atoms with Crippen LogP contribution in [0, 0.1) is 5.92 Å². The van der Waals surface area contributed by atoms with Crippen molar-refractivity contribution in [3.05, 3.63) is 21.6 Å². The van der Waals surface area contributed by atoms with Crippen molar-refractivity contribution in [1.29, 1.82) is 0 Å². The largest absolute Gasteiger partial charge is 0.408 e. The third-order valence-corrected chi connectivity index (χ3v) is 3.56. The molecule has 0 aliphatic carbocycles. The molecule has 114 valence electrons. The Morgan fingerprint density at radius 1 is 1.45 bits per heavy atom. The summed E-state index contributed by atoms with van der Waals surface area (Å²) in [4.78, 5) is 11.7. The van der Waals surface area contributed by atoms with Gasteiger partial charge < -0.3 is 5.32 Å². The summed E-state index contributed by atoms with van der Waals surface area (Å²) in [5, 5.41) is 6.22. The standard InChI is InChI=1S/C12H17ClF3N3O/c1-4-7(2)8(3)18-9-5-17-19(6-12(14,15)16)11(20)10(9)13/h5,7-8,18H,4,6H2,1-3H3. The van der Waals surface area contributed by atoms with Crippen LogP contribution in [0.15, 0.2) is 11.0 Å². The van der Waals surface area contributed by atoms with Gasteiger partial charge in [0.2, 0.25) is 0 Å². The van der Waals surface area contributed by atoms with E-state index >= 15 is 0 Å². The zero-order chi connectivity index (χ0) is 15.5. The van der Waals surface area contributed by atoms with Gasteiger partial charge in [0.1, 0.15) is 11.6 Å². The first-order chi connectivity index (χ1) is 9.15. The molecule has 20 heavy (non-hydrogen) atoms. The first-order valence-corrected chi connectivity index (χ1v) is 6.62. The minimum absolute atomic E-state index is 0.0252. The molecule has 0 saturated carbocycles. The van der Waals surface area contributed by atoms with E-state index in [4.69, 9.17) is 11.6 Å². The molecule has 2 atom stereocenters. The number of rotatable bonds is 5. The Kier molecular flexibility index (Phi) is 5.44. The Morgan fingerprint density at radius 3 is 2.55 bits per heavy atom. The lowest BCUT2D eigenvalue weighted by molar-refractivity contribution is -0.143. The zero-order valence-corrected chi connectivity index (χ0v) is 12.2. The summed E-state index contributed by atoms with van der Waals surface area (Å²) >= 11 is 5.82. The van der Waals surface area contributed by atoms with Gasteiger partial charge >= 0.3 is 6.18 Å². The average Bonchev–Trinajstić information content (AvgIpc) is 2.35. The zero-order valence-electron chi connectivity index (χ0n) is 11.5. The van der Waals surface area contributed by atoms with Crippen LogP contribution in [0.5, 0.6) is 0 Å². The lowest BCUT2D eigenvalue weighted by Gasteiger charge is -2.21. The molecule has 1 heterocycles. The maximum atomic E-state index is 12.3. The molecule has 0 fully saturated rings. The van der Waals surface area contributed by atoms with Gasteiger partial charge in [-0.15, -0.1) is 0 Å². The molecule has 1 aromatic rings. The van der Waals surface area contributed by atoms with Gasteiger partial charge in [-0.05, 0) is 12.8 Å². The number of aromatic nitrogens is 2. The van der Waals surface area contributed by atoms with E-state index in [1.807, 2.05) is 20.8 Å². The van der Waals surface area contributed by atoms with Crippen LogP contribution in [0.3, 0.4) is 0 Å². The van der Waals surface area contributed by atoms with Crippen LogP contribution in [0.4, 0.5) is 18.9 Å². The first kappa shape index (κ1) is 16.8. The minimum atomic E-state index is -4.51. The summed E-state index contributed by atoms with van der Waals surface area (Å²) in [6.45, 7) is 4.49. The second-order valence-corrected chi connectivity index (χ2v) is 5.15. The molecule has 1 N–H and O–H groups in total. The number of hydrogen-bond acceptors (Lipinski definition) is 3. The SMILES string of the molecule is CCC(C)C(C)Nc1cnn(CC(F)(F)F)c(=O)c1Cl. The van der Waals surface area contributed by atoms with Crippen LogP contribution in [-0.4, -0.2) is 22.0 Å². The predicted octanol–water partition coefficient (Wildman–Crippen LogP) is 3.31. The van der Waals surface area contributed by atoms with Crippen LogP contribution < -0.4 is 10.9 Å². The van der Waals surface area contributed by atoms with Crippen molar-refractivity contribution in [3.8, 4) is 0 Å². The quantitative estimate of drug-likeness (QED) is 0.907. The van der Waals surface area contributed by atoms with Gasteiger partial charge in [-0.3, -0.25) is 4.79 Å². The lowest BCUT2D eigenvalue weighted by Crippen LogP contribution is -2.32. The molecule has 0 aliphatic rings. The first-order valence-electron chi connectivity index (χ1n) is 6.24. The number of halogens is 4. The Morgan fingerprint density at radius 2 is 2.05 bits per heavy atom. The fourth-order valence-electron chi connectivity index (χ4n) is 1.59. The Balaban J connectivity index is 2.98. The lowest BCUT2D eigenvalue weighted by atomic mass is 10.0. The Labute approximate surface area is 119 Å². The van der Waals surface area contributed by atoms with Crippen molar-refractivity contribution in [2.75, 3.05) is 5.32 Å². The molecule has 0 saturated heterocycles. The van der Waals surface area contributed by atoms with E-state index in [1.54, 1.807) is 0 Å². The number of alkyl halides is 3. The van der Waals surface area contributed by atoms with Crippen molar-refractivity contribution in [2.24, 2.45) is 5.92 Å². The molecule has 0 spiro atoms. The van der Waals surface area contributed by atoms with Crippen LogP contribution in [-0.2, 0) is 6.54 Å². The number of anilines is 1. The normalized spacial score (nSPS) is 14.9. The summed E-state index contributed by atoms with van der Waals surface area (Å²) in [6, 6.07) is 0.0252. The van der Waals surface area contributed by atoms with Crippen LogP contribution >= 0.6 is 11.6 Å². The predicted molar refractivity (Wildman–Crippen MR) is 72.1 cm³/mol. The Bertz CT molecular complexity index is 516. The van der Waals surface area contributed by atoms with E-state index in [-0.39, 0.29) is 16.8 Å². The molecule has 0 bridgehead atoms. The fraction of sp³-hybridized carbons (Fsp3) is 0.667. The molecule has 1 aromatic heterocycles. The molecule has 2 unspecified atom stereocenters. The highest BCUT2D eigenvalue weighted by Gasteiger charge is 2.29. The summed E-state index contributed by atoms with van der Waals surface area (Å²) in [7, 11) is 0. The van der Waals surface area contributed by atoms with Crippen molar-refractivity contribution in [3.63, 3.8) is 0 Å². The van der Waals surface area contributed by atoms with Crippen molar-refractivity contribution in [2.45, 2.75) is 46.0 Å². The van der Waals surface area contributed by atoms with Gasteiger partial charge in [-0.1, -0.05) is 31.9 Å². The number of hydrogen-bond donors (Lipinski definition) is 1. The maximum Gasteiger partial charge on any atom is 0.408 e. The molecule has 8 heteroatoms. The molecule has 0 radical (unpaired) electrons. The molecule has 0 aromatic carbocycles. The summed E-state index contributed by atoms with van der Waals surface area (Å²) in [5.74, 6) is 0.323. The van der Waals surface area contributed by atoms with Gasteiger partial charge in [0.05, 0.1) is 11.9 Å². The molecule has 0 amide bonds. The van der Waals surface area contributed by atoms with Crippen molar-refractivity contribution in [1.82, 2.24) is 9.78 Å². The second kappa shape index (κ2) is 6.47. The third kappa shape index (κ3) is 4.40. The van der Waals surface area contributed by atoms with E-state index in [2.05, 4.69) is 10.4 Å².